The number of carbonyl (C=O) groups is 2. The van der Waals surface area contributed by atoms with Crippen LogP contribution in [0.15, 0.2) is 24.3 Å². The lowest BCUT2D eigenvalue weighted by Gasteiger charge is -2.40. The maximum Gasteiger partial charge on any atom is 0.239 e. The highest BCUT2D eigenvalue weighted by Gasteiger charge is 2.32. The number of nitrogens with zero attached hydrogens (tertiary/aromatic N) is 3. The fourth-order valence-corrected chi connectivity index (χ4v) is 3.98. The van der Waals surface area contributed by atoms with E-state index >= 15 is 0 Å². The summed E-state index contributed by atoms with van der Waals surface area (Å²) in [5, 5.41) is 0. The minimum atomic E-state index is -0.263. The Morgan fingerprint density at radius 2 is 1.74 bits per heavy atom. The second-order valence-corrected chi connectivity index (χ2v) is 7.58. The van der Waals surface area contributed by atoms with Crippen LogP contribution in [-0.4, -0.2) is 71.8 Å². The van der Waals surface area contributed by atoms with Crippen molar-refractivity contribution in [3.63, 3.8) is 0 Å². The number of hydrogen-bond donors (Lipinski definition) is 1. The molecule has 2 aliphatic rings. The van der Waals surface area contributed by atoms with E-state index in [9.17, 15) is 14.0 Å². The van der Waals surface area contributed by atoms with Gasteiger partial charge in [-0.25, -0.2) is 4.39 Å². The van der Waals surface area contributed by atoms with Crippen molar-refractivity contribution in [2.24, 2.45) is 11.7 Å². The second-order valence-electron chi connectivity index (χ2n) is 7.58. The van der Waals surface area contributed by atoms with E-state index in [4.69, 9.17) is 5.73 Å². The monoisotopic (exact) mass is 376 g/mol. The van der Waals surface area contributed by atoms with E-state index in [0.717, 1.165) is 26.2 Å². The lowest BCUT2D eigenvalue weighted by atomic mass is 9.96. The predicted octanol–water partition coefficient (Wildman–Crippen LogP) is 1.06. The summed E-state index contributed by atoms with van der Waals surface area (Å²) in [6, 6.07) is 6.70. The molecule has 2 amide bonds. The van der Waals surface area contributed by atoms with Gasteiger partial charge in [0.2, 0.25) is 11.8 Å². The van der Waals surface area contributed by atoms with Gasteiger partial charge in [-0.2, -0.15) is 0 Å². The average molecular weight is 376 g/mol. The molecule has 1 aromatic rings. The van der Waals surface area contributed by atoms with Crippen molar-refractivity contribution >= 4 is 11.8 Å². The molecular formula is C20H29FN4O2. The molecule has 0 saturated carbocycles. The molecule has 1 unspecified atom stereocenters. The van der Waals surface area contributed by atoms with Crippen LogP contribution in [0.2, 0.25) is 0 Å². The van der Waals surface area contributed by atoms with Crippen LogP contribution in [0.3, 0.4) is 0 Å². The van der Waals surface area contributed by atoms with Crippen molar-refractivity contribution < 1.29 is 14.0 Å². The fraction of sp³-hybridized carbons (Fsp3) is 0.600. The van der Waals surface area contributed by atoms with E-state index in [1.165, 1.54) is 6.07 Å². The first kappa shape index (κ1) is 19.8. The van der Waals surface area contributed by atoms with Crippen LogP contribution in [0.25, 0.3) is 0 Å². The molecule has 0 aromatic heterocycles. The van der Waals surface area contributed by atoms with Crippen LogP contribution in [-0.2, 0) is 16.1 Å². The number of piperidine rings is 1. The number of halogens is 1. The predicted molar refractivity (Wildman–Crippen MR) is 101 cm³/mol. The van der Waals surface area contributed by atoms with Gasteiger partial charge in [0.05, 0.1) is 6.04 Å². The lowest BCUT2D eigenvalue weighted by molar-refractivity contribution is -0.140. The van der Waals surface area contributed by atoms with E-state index in [1.807, 2.05) is 24.0 Å². The number of hydrogen-bond acceptors (Lipinski definition) is 4. The quantitative estimate of drug-likeness (QED) is 0.834. The molecule has 0 radical (unpaired) electrons. The van der Waals surface area contributed by atoms with Gasteiger partial charge in [-0.3, -0.25) is 19.4 Å². The molecule has 2 aliphatic heterocycles. The Morgan fingerprint density at radius 3 is 2.33 bits per heavy atom. The molecule has 27 heavy (non-hydrogen) atoms. The molecule has 148 valence electrons. The Kier molecular flexibility index (Phi) is 6.44. The zero-order valence-corrected chi connectivity index (χ0v) is 15.9. The zero-order valence-electron chi connectivity index (χ0n) is 15.9. The van der Waals surface area contributed by atoms with E-state index in [1.54, 1.807) is 6.07 Å². The van der Waals surface area contributed by atoms with Crippen molar-refractivity contribution in [2.75, 3.05) is 39.3 Å². The Balaban J connectivity index is 1.47. The molecule has 2 fully saturated rings. The number of amides is 2. The van der Waals surface area contributed by atoms with E-state index in [2.05, 4.69) is 9.80 Å². The lowest BCUT2D eigenvalue weighted by Crippen LogP contribution is -2.55. The van der Waals surface area contributed by atoms with Crippen molar-refractivity contribution in [2.45, 2.75) is 32.4 Å². The van der Waals surface area contributed by atoms with Gasteiger partial charge in [-0.15, -0.1) is 0 Å². The van der Waals surface area contributed by atoms with Crippen molar-refractivity contribution in [3.8, 4) is 0 Å². The van der Waals surface area contributed by atoms with E-state index < -0.39 is 0 Å². The SMILES string of the molecule is CC(C(=O)N1CCC(C(N)=O)CC1)N1CCN(Cc2ccccc2F)CC1. The normalized spacial score (nSPS) is 21.2. The van der Waals surface area contributed by atoms with Gasteiger partial charge < -0.3 is 10.6 Å². The Labute approximate surface area is 160 Å². The summed E-state index contributed by atoms with van der Waals surface area (Å²) in [5.74, 6) is -0.407. The minimum absolute atomic E-state index is 0.105. The summed E-state index contributed by atoms with van der Waals surface area (Å²) in [5.41, 5.74) is 6.08. The molecule has 0 bridgehead atoms. The third-order valence-electron chi connectivity index (χ3n) is 5.87. The standard InChI is InChI=1S/C20H29FN4O2/c1-15(20(27)25-8-6-16(7-9-25)19(22)26)24-12-10-23(11-13-24)14-17-4-2-3-5-18(17)21/h2-5,15-16H,6-14H2,1H3,(H2,22,26). The van der Waals surface area contributed by atoms with E-state index in [0.29, 0.717) is 38.0 Å². The van der Waals surface area contributed by atoms with E-state index in [-0.39, 0.29) is 29.6 Å². The first-order chi connectivity index (χ1) is 13.0. The number of nitrogens with two attached hydrogens (primary N) is 1. The van der Waals surface area contributed by atoms with Crippen LogP contribution >= 0.6 is 0 Å². The highest BCUT2D eigenvalue weighted by Crippen LogP contribution is 2.19. The number of benzene rings is 1. The third-order valence-corrected chi connectivity index (χ3v) is 5.87. The molecular weight excluding hydrogens is 347 g/mol. The molecule has 1 aromatic carbocycles. The molecule has 7 heteroatoms. The van der Waals surface area contributed by atoms with Crippen LogP contribution in [0.1, 0.15) is 25.3 Å². The minimum Gasteiger partial charge on any atom is -0.369 e. The van der Waals surface area contributed by atoms with Crippen LogP contribution < -0.4 is 5.73 Å². The Morgan fingerprint density at radius 1 is 1.11 bits per heavy atom. The summed E-state index contributed by atoms with van der Waals surface area (Å²) in [4.78, 5) is 30.4. The third kappa shape index (κ3) is 4.84. The summed E-state index contributed by atoms with van der Waals surface area (Å²) in [7, 11) is 0. The second kappa shape index (κ2) is 8.80. The number of primary amides is 1. The van der Waals surface area contributed by atoms with Gasteiger partial charge in [0.15, 0.2) is 0 Å². The maximum absolute atomic E-state index is 13.8. The van der Waals surface area contributed by atoms with Gasteiger partial charge in [-0.05, 0) is 25.8 Å². The Bertz CT molecular complexity index is 668. The molecule has 3 rings (SSSR count). The smallest absolute Gasteiger partial charge is 0.239 e. The first-order valence-electron chi connectivity index (χ1n) is 9.73. The van der Waals surface area contributed by atoms with Gasteiger partial charge in [0.25, 0.3) is 0 Å². The average Bonchev–Trinajstić information content (AvgIpc) is 2.69. The number of likely N-dealkylation sites (tertiary alicyclic amines) is 1. The topological polar surface area (TPSA) is 69.9 Å². The highest BCUT2D eigenvalue weighted by molar-refractivity contribution is 5.82. The summed E-state index contributed by atoms with van der Waals surface area (Å²) < 4.78 is 13.8. The van der Waals surface area contributed by atoms with Gasteiger partial charge in [0.1, 0.15) is 5.82 Å². The summed E-state index contributed by atoms with van der Waals surface area (Å²) >= 11 is 0. The molecule has 2 saturated heterocycles. The number of piperazine rings is 1. The van der Waals surface area contributed by atoms with Gasteiger partial charge in [-0.1, -0.05) is 18.2 Å². The molecule has 2 heterocycles. The molecule has 2 N–H and O–H groups in total. The number of carbonyl (C=O) groups excluding carboxylic acids is 2. The highest BCUT2D eigenvalue weighted by atomic mass is 19.1. The molecule has 6 nitrogen and oxygen atoms in total. The Hall–Kier alpha value is -1.99. The first-order valence-corrected chi connectivity index (χ1v) is 9.73. The molecule has 0 spiro atoms. The van der Waals surface area contributed by atoms with Gasteiger partial charge in [0, 0.05) is 57.3 Å². The summed E-state index contributed by atoms with van der Waals surface area (Å²) in [6.45, 7) is 6.97. The van der Waals surface area contributed by atoms with Crippen molar-refractivity contribution in [3.05, 3.63) is 35.6 Å². The van der Waals surface area contributed by atoms with Crippen molar-refractivity contribution in [1.82, 2.24) is 14.7 Å². The molecule has 1 atom stereocenters. The fourth-order valence-electron chi connectivity index (χ4n) is 3.98. The van der Waals surface area contributed by atoms with Crippen LogP contribution in [0, 0.1) is 11.7 Å². The van der Waals surface area contributed by atoms with Crippen LogP contribution in [0.4, 0.5) is 4.39 Å². The van der Waals surface area contributed by atoms with Gasteiger partial charge >= 0.3 is 0 Å². The maximum atomic E-state index is 13.8. The molecule has 0 aliphatic carbocycles. The van der Waals surface area contributed by atoms with Crippen molar-refractivity contribution in [1.29, 1.82) is 0 Å². The number of rotatable bonds is 5. The largest absolute Gasteiger partial charge is 0.369 e. The zero-order chi connectivity index (χ0) is 19.4. The van der Waals surface area contributed by atoms with Crippen LogP contribution in [0.5, 0.6) is 0 Å². The summed E-state index contributed by atoms with van der Waals surface area (Å²) in [6.07, 6.45) is 1.31.